The first-order valence-electron chi connectivity index (χ1n) is 10.3. The molecule has 166 valence electrons. The van der Waals surface area contributed by atoms with Gasteiger partial charge in [0.05, 0.1) is 0 Å². The maximum atomic E-state index is 12.8. The molecule has 1 amide bonds. The van der Waals surface area contributed by atoms with E-state index in [1.54, 1.807) is 38.1 Å². The molecule has 1 fully saturated rings. The molecule has 0 spiro atoms. The summed E-state index contributed by atoms with van der Waals surface area (Å²) in [6, 6.07) is 11.0. The van der Waals surface area contributed by atoms with Gasteiger partial charge in [-0.15, -0.1) is 0 Å². The number of hydrogen-bond acceptors (Lipinski definition) is 6. The minimum atomic E-state index is -4.16. The average molecular weight is 446 g/mol. The molecule has 7 nitrogen and oxygen atoms in total. The van der Waals surface area contributed by atoms with Crippen molar-refractivity contribution in [3.63, 3.8) is 0 Å². The van der Waals surface area contributed by atoms with Crippen LogP contribution in [0, 0.1) is 13.8 Å². The maximum absolute atomic E-state index is 12.8. The third-order valence-corrected chi connectivity index (χ3v) is 6.60. The molecule has 0 atom stereocenters. The zero-order valence-corrected chi connectivity index (χ0v) is 18.5. The molecular weight excluding hydrogens is 418 g/mol. The van der Waals surface area contributed by atoms with E-state index < -0.39 is 22.7 Å². The molecule has 3 rings (SSSR count). The fourth-order valence-electron chi connectivity index (χ4n) is 3.57. The molecular formula is C23H27NO6S. The van der Waals surface area contributed by atoms with Gasteiger partial charge in [-0.3, -0.25) is 4.79 Å². The molecule has 1 aliphatic carbocycles. The van der Waals surface area contributed by atoms with E-state index in [1.165, 1.54) is 24.6 Å². The van der Waals surface area contributed by atoms with Crippen LogP contribution in [-0.2, 0) is 19.6 Å². The summed E-state index contributed by atoms with van der Waals surface area (Å²) >= 11 is 0. The highest BCUT2D eigenvalue weighted by atomic mass is 32.2. The van der Waals surface area contributed by atoms with Gasteiger partial charge in [0, 0.05) is 6.04 Å². The molecule has 2 aromatic rings. The number of benzene rings is 2. The first kappa shape index (κ1) is 22.8. The highest BCUT2D eigenvalue weighted by Crippen LogP contribution is 2.26. The second-order valence-electron chi connectivity index (χ2n) is 7.78. The van der Waals surface area contributed by atoms with Crippen LogP contribution in [0.2, 0.25) is 0 Å². The van der Waals surface area contributed by atoms with E-state index in [0.29, 0.717) is 5.56 Å². The van der Waals surface area contributed by atoms with E-state index in [4.69, 9.17) is 8.92 Å². The van der Waals surface area contributed by atoms with E-state index in [-0.39, 0.29) is 28.2 Å². The Morgan fingerprint density at radius 1 is 1.03 bits per heavy atom. The Morgan fingerprint density at radius 2 is 1.74 bits per heavy atom. The number of hydrogen-bond donors (Lipinski definition) is 1. The van der Waals surface area contributed by atoms with Gasteiger partial charge in [-0.25, -0.2) is 4.79 Å². The second kappa shape index (κ2) is 9.96. The Morgan fingerprint density at radius 3 is 2.48 bits per heavy atom. The number of ether oxygens (including phenoxy) is 1. The lowest BCUT2D eigenvalue weighted by Gasteiger charge is -2.22. The van der Waals surface area contributed by atoms with Crippen LogP contribution in [0.5, 0.6) is 5.75 Å². The number of aryl methyl sites for hydroxylation is 2. The second-order valence-corrected chi connectivity index (χ2v) is 9.30. The molecule has 1 N–H and O–H groups in total. The molecule has 1 saturated carbocycles. The zero-order chi connectivity index (χ0) is 22.4. The summed E-state index contributed by atoms with van der Waals surface area (Å²) < 4.78 is 36.0. The van der Waals surface area contributed by atoms with Crippen molar-refractivity contribution in [2.24, 2.45) is 0 Å². The lowest BCUT2D eigenvalue weighted by Crippen LogP contribution is -2.38. The van der Waals surface area contributed by atoms with Gasteiger partial charge < -0.3 is 14.2 Å². The summed E-state index contributed by atoms with van der Waals surface area (Å²) in [6.45, 7) is 3.01. The molecule has 0 unspecified atom stereocenters. The quantitative estimate of drug-likeness (QED) is 0.516. The van der Waals surface area contributed by atoms with Gasteiger partial charge >= 0.3 is 16.1 Å². The van der Waals surface area contributed by atoms with Gasteiger partial charge in [0.1, 0.15) is 10.5 Å². The van der Waals surface area contributed by atoms with Crippen LogP contribution in [0.1, 0.15) is 53.6 Å². The van der Waals surface area contributed by atoms with Crippen LogP contribution in [-0.4, -0.2) is 32.9 Å². The first-order valence-corrected chi connectivity index (χ1v) is 11.7. The van der Waals surface area contributed by atoms with E-state index >= 15 is 0 Å². The largest absolute Gasteiger partial charge is 0.452 e. The summed E-state index contributed by atoms with van der Waals surface area (Å²) in [5.41, 5.74) is 1.23. The minimum absolute atomic E-state index is 0.0301. The zero-order valence-electron chi connectivity index (χ0n) is 17.7. The van der Waals surface area contributed by atoms with Crippen molar-refractivity contribution in [1.29, 1.82) is 0 Å². The smallest absolute Gasteiger partial charge is 0.342 e. The molecule has 0 saturated heterocycles. The Hall–Kier alpha value is -2.87. The van der Waals surface area contributed by atoms with Crippen LogP contribution in [0.3, 0.4) is 0 Å². The van der Waals surface area contributed by atoms with Gasteiger partial charge in [0.2, 0.25) is 0 Å². The van der Waals surface area contributed by atoms with Gasteiger partial charge in [0.15, 0.2) is 12.4 Å². The Labute approximate surface area is 182 Å². The average Bonchev–Trinajstić information content (AvgIpc) is 2.74. The van der Waals surface area contributed by atoms with Crippen LogP contribution < -0.4 is 9.50 Å². The monoisotopic (exact) mass is 445 g/mol. The van der Waals surface area contributed by atoms with Crippen molar-refractivity contribution >= 4 is 22.0 Å². The normalized spacial score (nSPS) is 14.6. The molecule has 0 heterocycles. The van der Waals surface area contributed by atoms with Crippen LogP contribution in [0.4, 0.5) is 0 Å². The predicted octanol–water partition coefficient (Wildman–Crippen LogP) is 3.68. The summed E-state index contributed by atoms with van der Waals surface area (Å²) in [6.07, 6.45) is 5.16. The highest BCUT2D eigenvalue weighted by Gasteiger charge is 2.24. The molecule has 0 aliphatic heterocycles. The lowest BCUT2D eigenvalue weighted by molar-refractivity contribution is -0.125. The fraction of sp³-hybridized carbons (Fsp3) is 0.391. The first-order chi connectivity index (χ1) is 14.8. The number of carbonyl (C=O) groups excluding carboxylic acids is 2. The number of nitrogens with one attached hydrogen (secondary N) is 1. The van der Waals surface area contributed by atoms with Crippen molar-refractivity contribution in [2.45, 2.75) is 56.9 Å². The maximum Gasteiger partial charge on any atom is 0.342 e. The van der Waals surface area contributed by atoms with Gasteiger partial charge in [0.25, 0.3) is 5.91 Å². The third-order valence-electron chi connectivity index (χ3n) is 5.22. The molecule has 0 aromatic heterocycles. The molecule has 1 aliphatic rings. The van der Waals surface area contributed by atoms with Gasteiger partial charge in [-0.1, -0.05) is 43.5 Å². The number of amides is 1. The summed E-state index contributed by atoms with van der Waals surface area (Å²) in [7, 11) is -4.16. The topological polar surface area (TPSA) is 98.8 Å². The van der Waals surface area contributed by atoms with E-state index in [1.807, 2.05) is 0 Å². The van der Waals surface area contributed by atoms with Crippen molar-refractivity contribution in [3.8, 4) is 5.75 Å². The van der Waals surface area contributed by atoms with E-state index in [9.17, 15) is 18.0 Å². The summed E-state index contributed by atoms with van der Waals surface area (Å²) in [4.78, 5) is 24.7. The number of esters is 1. The van der Waals surface area contributed by atoms with E-state index in [0.717, 1.165) is 31.2 Å². The Balaban J connectivity index is 1.68. The van der Waals surface area contributed by atoms with Crippen molar-refractivity contribution in [1.82, 2.24) is 5.32 Å². The predicted molar refractivity (Wildman–Crippen MR) is 115 cm³/mol. The molecule has 0 bridgehead atoms. The van der Waals surface area contributed by atoms with Crippen LogP contribution in [0.15, 0.2) is 47.4 Å². The lowest BCUT2D eigenvalue weighted by atomic mass is 9.95. The van der Waals surface area contributed by atoms with Crippen LogP contribution >= 0.6 is 0 Å². The molecule has 31 heavy (non-hydrogen) atoms. The molecule has 0 radical (unpaired) electrons. The van der Waals surface area contributed by atoms with E-state index in [2.05, 4.69) is 5.32 Å². The third kappa shape index (κ3) is 6.07. The number of carbonyl (C=O) groups is 2. The van der Waals surface area contributed by atoms with Crippen LogP contribution in [0.25, 0.3) is 0 Å². The van der Waals surface area contributed by atoms with Crippen molar-refractivity contribution in [2.75, 3.05) is 6.61 Å². The van der Waals surface area contributed by atoms with Crippen molar-refractivity contribution in [3.05, 3.63) is 59.2 Å². The van der Waals surface area contributed by atoms with Crippen molar-refractivity contribution < 1.29 is 26.9 Å². The molecule has 8 heteroatoms. The number of para-hydroxylation sites is 1. The standard InChI is InChI=1S/C23H27NO6S/c1-16-12-13-17(2)21(14-16)31(27,28)30-20-11-7-6-10-19(20)23(26)29-15-22(25)24-18-8-4-3-5-9-18/h6-7,10-14,18H,3-5,8-9,15H2,1-2H3,(H,24,25). The summed E-state index contributed by atoms with van der Waals surface area (Å²) in [5.74, 6) is -1.35. The highest BCUT2D eigenvalue weighted by molar-refractivity contribution is 7.87. The minimum Gasteiger partial charge on any atom is -0.452 e. The summed E-state index contributed by atoms with van der Waals surface area (Å²) in [5, 5.41) is 2.87. The Bertz CT molecular complexity index is 1060. The SMILES string of the molecule is Cc1ccc(C)c(S(=O)(=O)Oc2ccccc2C(=O)OCC(=O)NC2CCCCC2)c1. The molecule has 2 aromatic carbocycles. The number of rotatable bonds is 7. The van der Waals surface area contributed by atoms with Gasteiger partial charge in [-0.05, 0) is 56.0 Å². The fourth-order valence-corrected chi connectivity index (χ4v) is 4.84. The Kier molecular flexibility index (Phi) is 7.33. The van der Waals surface area contributed by atoms with Gasteiger partial charge in [-0.2, -0.15) is 8.42 Å².